The third-order valence-corrected chi connectivity index (χ3v) is 7.98. The molecule has 0 spiro atoms. The minimum Gasteiger partial charge on any atom is -0.463 e. The van der Waals surface area contributed by atoms with Crippen molar-refractivity contribution in [2.45, 2.75) is 71.6 Å². The lowest BCUT2D eigenvalue weighted by molar-refractivity contribution is -0.254. The average Bonchev–Trinajstić information content (AvgIpc) is 3.39. The highest BCUT2D eigenvalue weighted by atomic mass is 32.1. The third kappa shape index (κ3) is 8.26. The first-order valence-corrected chi connectivity index (χ1v) is 14.5. The van der Waals surface area contributed by atoms with Crippen molar-refractivity contribution in [1.82, 2.24) is 0 Å². The van der Waals surface area contributed by atoms with Crippen molar-refractivity contribution < 1.29 is 47.3 Å². The second-order valence-corrected chi connectivity index (χ2v) is 11.4. The molecule has 0 aliphatic carbocycles. The van der Waals surface area contributed by atoms with Crippen molar-refractivity contribution in [1.29, 1.82) is 0 Å². The Morgan fingerprint density at radius 2 is 1.42 bits per heavy atom. The Hall–Kier alpha value is -4.09. The summed E-state index contributed by atoms with van der Waals surface area (Å²) < 4.78 is 41.6. The van der Waals surface area contributed by atoms with Gasteiger partial charge in [-0.3, -0.25) is 19.2 Å². The normalized spacial score (nSPS) is 21.5. The van der Waals surface area contributed by atoms with Crippen LogP contribution in [0.25, 0.3) is 10.4 Å². The van der Waals surface area contributed by atoms with E-state index in [0.717, 1.165) is 26.4 Å². The first kappa shape index (κ1) is 31.8. The first-order chi connectivity index (χ1) is 20.4. The van der Waals surface area contributed by atoms with Gasteiger partial charge in [-0.05, 0) is 53.4 Å². The summed E-state index contributed by atoms with van der Waals surface area (Å²) in [6, 6.07) is 16.0. The predicted octanol–water partition coefficient (Wildman–Crippen LogP) is 5.25. The molecule has 11 heteroatoms. The van der Waals surface area contributed by atoms with Crippen LogP contribution in [0.2, 0.25) is 0 Å². The molecule has 3 aromatic rings. The summed E-state index contributed by atoms with van der Waals surface area (Å²) >= 11 is 1.59. The summed E-state index contributed by atoms with van der Waals surface area (Å²) in [4.78, 5) is 50.1. The maximum absolute atomic E-state index is 13.4. The molecule has 9 nitrogen and oxygen atoms in total. The molecule has 0 bridgehead atoms. The molecule has 1 aromatic heterocycles. The van der Waals surface area contributed by atoms with Crippen molar-refractivity contribution in [3.05, 3.63) is 82.0 Å². The van der Waals surface area contributed by atoms with Crippen LogP contribution in [0.4, 0.5) is 4.39 Å². The topological polar surface area (TPSA) is 114 Å². The van der Waals surface area contributed by atoms with Gasteiger partial charge in [-0.2, -0.15) is 0 Å². The lowest BCUT2D eigenvalue weighted by atomic mass is 9.88. The molecule has 228 valence electrons. The van der Waals surface area contributed by atoms with Gasteiger partial charge in [0.15, 0.2) is 18.3 Å². The van der Waals surface area contributed by atoms with Gasteiger partial charge in [0, 0.05) is 43.9 Å². The molecule has 43 heavy (non-hydrogen) atoms. The zero-order chi connectivity index (χ0) is 31.3. The molecular weight excluding hydrogens is 579 g/mol. The fraction of sp³-hybridized carbons (Fsp3) is 0.375. The van der Waals surface area contributed by atoms with E-state index in [9.17, 15) is 23.6 Å². The van der Waals surface area contributed by atoms with Crippen molar-refractivity contribution >= 4 is 35.2 Å². The van der Waals surface area contributed by atoms with Gasteiger partial charge < -0.3 is 23.7 Å². The molecule has 4 rings (SSSR count). The standard InChI is InChI=1S/C32H33FO9S/c1-17-6-7-23(14-24(17)15-26-12-13-28(43-26)22-8-10-25(33)11-9-22)29-31(40-20(4)36)32(41-21(5)37)30(39-19(3)35)27(42-29)16-38-18(2)34/h6-14,27,29-32H,15-16H2,1-5H3/t27?,29?,30-,31?,32?/m1/s1. The van der Waals surface area contributed by atoms with Gasteiger partial charge in [-0.15, -0.1) is 11.3 Å². The highest BCUT2D eigenvalue weighted by Crippen LogP contribution is 2.39. The number of esters is 4. The molecular formula is C32H33FO9S. The van der Waals surface area contributed by atoms with Gasteiger partial charge in [-0.1, -0.05) is 30.3 Å². The zero-order valence-electron chi connectivity index (χ0n) is 24.5. The van der Waals surface area contributed by atoms with Crippen molar-refractivity contribution in [2.24, 2.45) is 0 Å². The van der Waals surface area contributed by atoms with Crippen molar-refractivity contribution in [2.75, 3.05) is 6.61 Å². The lowest BCUT2D eigenvalue weighted by Crippen LogP contribution is -2.59. The molecule has 1 saturated heterocycles. The summed E-state index contributed by atoms with van der Waals surface area (Å²) in [5, 5.41) is 0. The highest BCUT2D eigenvalue weighted by Gasteiger charge is 2.52. The molecule has 0 amide bonds. The van der Waals surface area contributed by atoms with E-state index in [4.69, 9.17) is 23.7 Å². The van der Waals surface area contributed by atoms with Crippen LogP contribution in [-0.4, -0.2) is 54.9 Å². The Kier molecular flexibility index (Phi) is 10.3. The second kappa shape index (κ2) is 13.9. The second-order valence-electron chi connectivity index (χ2n) is 10.3. The number of carbonyl (C=O) groups is 4. The minimum absolute atomic E-state index is 0.296. The number of halogens is 1. The van der Waals surface area contributed by atoms with Gasteiger partial charge in [0.2, 0.25) is 0 Å². The van der Waals surface area contributed by atoms with E-state index < -0.39 is 54.4 Å². The van der Waals surface area contributed by atoms with Crippen molar-refractivity contribution in [3.63, 3.8) is 0 Å². The van der Waals surface area contributed by atoms with Crippen LogP contribution in [0.15, 0.2) is 54.6 Å². The molecule has 1 aliphatic heterocycles. The first-order valence-electron chi connectivity index (χ1n) is 13.7. The van der Waals surface area contributed by atoms with Crippen LogP contribution in [-0.2, 0) is 49.3 Å². The summed E-state index contributed by atoms with van der Waals surface area (Å²) in [6.07, 6.45) is -5.06. The van der Waals surface area contributed by atoms with Gasteiger partial charge in [0.1, 0.15) is 24.6 Å². The predicted molar refractivity (Wildman–Crippen MR) is 155 cm³/mol. The van der Waals surface area contributed by atoms with Crippen LogP contribution in [0.1, 0.15) is 55.4 Å². The Balaban J connectivity index is 1.70. The number of ether oxygens (including phenoxy) is 5. The van der Waals surface area contributed by atoms with Crippen LogP contribution < -0.4 is 0 Å². The maximum Gasteiger partial charge on any atom is 0.303 e. The molecule has 1 fully saturated rings. The van der Waals surface area contributed by atoms with E-state index in [1.165, 1.54) is 39.8 Å². The summed E-state index contributed by atoms with van der Waals surface area (Å²) in [5.41, 5.74) is 3.51. The monoisotopic (exact) mass is 612 g/mol. The average molecular weight is 613 g/mol. The Morgan fingerprint density at radius 3 is 2.05 bits per heavy atom. The molecule has 2 heterocycles. The summed E-state index contributed by atoms with van der Waals surface area (Å²) in [6.45, 7) is 6.48. The van der Waals surface area contributed by atoms with Gasteiger partial charge >= 0.3 is 23.9 Å². The minimum atomic E-state index is -1.25. The van der Waals surface area contributed by atoms with E-state index in [1.807, 2.05) is 37.3 Å². The molecule has 2 aromatic carbocycles. The van der Waals surface area contributed by atoms with Gasteiger partial charge in [-0.25, -0.2) is 4.39 Å². The highest BCUT2D eigenvalue weighted by molar-refractivity contribution is 7.15. The van der Waals surface area contributed by atoms with E-state index in [-0.39, 0.29) is 12.4 Å². The number of rotatable bonds is 9. The number of thiophene rings is 1. The number of hydrogen-bond donors (Lipinski definition) is 0. The fourth-order valence-electron chi connectivity index (χ4n) is 4.99. The Bertz CT molecular complexity index is 1480. The SMILES string of the molecule is CC(=O)OCC1OC(c2ccc(C)c(Cc3ccc(-c4ccc(F)cc4)s3)c2)C(OC(C)=O)C(OC(C)=O)[C@@H]1OC(C)=O. The number of hydrogen-bond acceptors (Lipinski definition) is 10. The summed E-state index contributed by atoms with van der Waals surface area (Å²) in [7, 11) is 0. The molecule has 0 radical (unpaired) electrons. The maximum atomic E-state index is 13.4. The Morgan fingerprint density at radius 1 is 0.791 bits per heavy atom. The molecule has 0 saturated carbocycles. The molecule has 5 atom stereocenters. The van der Waals surface area contributed by atoms with Crippen LogP contribution >= 0.6 is 11.3 Å². The van der Waals surface area contributed by atoms with E-state index >= 15 is 0 Å². The molecule has 1 aliphatic rings. The van der Waals surface area contributed by atoms with Gasteiger partial charge in [0.25, 0.3) is 0 Å². The Labute approximate surface area is 252 Å². The van der Waals surface area contributed by atoms with Crippen LogP contribution in [0.5, 0.6) is 0 Å². The van der Waals surface area contributed by atoms with E-state index in [1.54, 1.807) is 23.5 Å². The summed E-state index contributed by atoms with van der Waals surface area (Å²) in [5.74, 6) is -2.91. The van der Waals surface area contributed by atoms with E-state index in [0.29, 0.717) is 12.0 Å². The van der Waals surface area contributed by atoms with Crippen LogP contribution in [0, 0.1) is 12.7 Å². The number of benzene rings is 2. The third-order valence-electron chi connectivity index (χ3n) is 6.85. The van der Waals surface area contributed by atoms with E-state index in [2.05, 4.69) is 0 Å². The number of aryl methyl sites for hydroxylation is 1. The quantitative estimate of drug-likeness (QED) is 0.236. The number of carbonyl (C=O) groups excluding carboxylic acids is 4. The van der Waals surface area contributed by atoms with Gasteiger partial charge in [0.05, 0.1) is 0 Å². The fourth-order valence-corrected chi connectivity index (χ4v) is 6.02. The van der Waals surface area contributed by atoms with Crippen LogP contribution in [0.3, 0.4) is 0 Å². The lowest BCUT2D eigenvalue weighted by Gasteiger charge is -2.44. The smallest absolute Gasteiger partial charge is 0.303 e. The zero-order valence-corrected chi connectivity index (χ0v) is 25.3. The molecule has 4 unspecified atom stereocenters. The largest absolute Gasteiger partial charge is 0.463 e. The molecule has 0 N–H and O–H groups in total. The van der Waals surface area contributed by atoms with Crippen molar-refractivity contribution in [3.8, 4) is 10.4 Å².